The third-order valence-electron chi connectivity index (χ3n) is 6.09. The second-order valence-corrected chi connectivity index (χ2v) is 9.55. The Morgan fingerprint density at radius 1 is 0.706 bits per heavy atom. The second-order valence-electron chi connectivity index (χ2n) is 9.55. The monoisotopic (exact) mass is 444 g/mol. The number of hydrogen-bond acceptors (Lipinski definition) is 3. The minimum Gasteiger partial charge on any atom is -0.487 e. The normalized spacial score (nSPS) is 11.5. The van der Waals surface area contributed by atoms with Crippen LogP contribution in [0.2, 0.25) is 0 Å². The quantitative estimate of drug-likeness (QED) is 0.277. The van der Waals surface area contributed by atoms with E-state index in [0.29, 0.717) is 6.61 Å². The molecule has 0 aliphatic rings. The second kappa shape index (κ2) is 9.11. The summed E-state index contributed by atoms with van der Waals surface area (Å²) < 4.78 is 6.05. The van der Waals surface area contributed by atoms with E-state index in [1.54, 1.807) is 0 Å². The fraction of sp³-hybridized carbons (Fsp3) is 0.161. The summed E-state index contributed by atoms with van der Waals surface area (Å²) in [6, 6.07) is 31.5. The van der Waals surface area contributed by atoms with Gasteiger partial charge in [0.2, 0.25) is 0 Å². The molecule has 0 spiro atoms. The minimum absolute atomic E-state index is 0.0709. The van der Waals surface area contributed by atoms with Crippen LogP contribution in [-0.2, 0) is 12.0 Å². The molecule has 0 saturated heterocycles. The lowest BCUT2D eigenvalue weighted by Gasteiger charge is -2.22. The molecule has 0 unspecified atom stereocenters. The van der Waals surface area contributed by atoms with E-state index in [2.05, 4.69) is 80.4 Å². The Labute approximate surface area is 201 Å². The van der Waals surface area contributed by atoms with Gasteiger partial charge in [-0.1, -0.05) is 75.4 Å². The Morgan fingerprint density at radius 3 is 2.21 bits per heavy atom. The maximum atomic E-state index is 6.05. The van der Waals surface area contributed by atoms with E-state index in [-0.39, 0.29) is 5.41 Å². The molecule has 2 aromatic heterocycles. The van der Waals surface area contributed by atoms with Gasteiger partial charge in [-0.05, 0) is 69.6 Å². The number of pyridine rings is 2. The van der Waals surface area contributed by atoms with Crippen molar-refractivity contribution in [2.24, 2.45) is 0 Å². The van der Waals surface area contributed by atoms with Gasteiger partial charge in [0, 0.05) is 17.8 Å². The first-order valence-corrected chi connectivity index (χ1v) is 11.6. The highest BCUT2D eigenvalue weighted by molar-refractivity contribution is 5.84. The average Bonchev–Trinajstić information content (AvgIpc) is 2.87. The van der Waals surface area contributed by atoms with Crippen LogP contribution in [0.1, 0.15) is 32.0 Å². The van der Waals surface area contributed by atoms with Crippen LogP contribution in [-0.4, -0.2) is 9.97 Å². The van der Waals surface area contributed by atoms with Crippen molar-refractivity contribution in [1.82, 2.24) is 9.97 Å². The van der Waals surface area contributed by atoms with Crippen molar-refractivity contribution in [2.45, 2.75) is 32.8 Å². The van der Waals surface area contributed by atoms with Gasteiger partial charge in [-0.2, -0.15) is 0 Å². The van der Waals surface area contributed by atoms with Crippen LogP contribution in [0.4, 0.5) is 0 Å². The minimum atomic E-state index is 0.0709. The summed E-state index contributed by atoms with van der Waals surface area (Å²) in [5.74, 6) is 0.830. The number of benzene rings is 3. The number of nitrogens with zero attached hydrogens (tertiary/aromatic N) is 2. The van der Waals surface area contributed by atoms with Gasteiger partial charge >= 0.3 is 0 Å². The van der Waals surface area contributed by atoms with Crippen LogP contribution < -0.4 is 4.74 Å². The fourth-order valence-electron chi connectivity index (χ4n) is 4.11. The number of hydrogen-bond donors (Lipinski definition) is 0. The Morgan fingerprint density at radius 2 is 1.44 bits per heavy atom. The molecule has 0 radical (unpaired) electrons. The van der Waals surface area contributed by atoms with E-state index >= 15 is 0 Å². The van der Waals surface area contributed by atoms with Gasteiger partial charge in [-0.25, -0.2) is 4.98 Å². The molecule has 0 atom stereocenters. The Bertz CT molecular complexity index is 1420. The fourth-order valence-corrected chi connectivity index (χ4v) is 4.11. The van der Waals surface area contributed by atoms with Crippen LogP contribution in [0.3, 0.4) is 0 Å². The van der Waals surface area contributed by atoms with E-state index in [0.717, 1.165) is 33.5 Å². The molecule has 34 heavy (non-hydrogen) atoms. The molecule has 0 aliphatic heterocycles. The summed E-state index contributed by atoms with van der Waals surface area (Å²) in [7, 11) is 0. The Hall–Kier alpha value is -3.98. The molecule has 168 valence electrons. The summed E-state index contributed by atoms with van der Waals surface area (Å²) >= 11 is 0. The standard InChI is InChI=1S/C31H28N2O/c1-31(2,3)25-11-15-28(23-16-18-32-19-17-23)29(20-25)22-9-13-27(14-10-22)34-21-26-12-8-24-6-4-5-7-30(24)33-26/h4-20H,21H2,1-3H3. The molecule has 0 bridgehead atoms. The van der Waals surface area contributed by atoms with Gasteiger partial charge in [0.05, 0.1) is 11.2 Å². The van der Waals surface area contributed by atoms with Crippen molar-refractivity contribution in [3.63, 3.8) is 0 Å². The summed E-state index contributed by atoms with van der Waals surface area (Å²) in [6.45, 7) is 7.17. The zero-order valence-electron chi connectivity index (χ0n) is 19.8. The zero-order valence-corrected chi connectivity index (χ0v) is 19.8. The highest BCUT2D eigenvalue weighted by atomic mass is 16.5. The van der Waals surface area contributed by atoms with Crippen LogP contribution in [0, 0.1) is 0 Å². The third kappa shape index (κ3) is 4.69. The lowest BCUT2D eigenvalue weighted by Crippen LogP contribution is -2.11. The van der Waals surface area contributed by atoms with Gasteiger partial charge in [0.15, 0.2) is 0 Å². The highest BCUT2D eigenvalue weighted by Crippen LogP contribution is 2.36. The maximum Gasteiger partial charge on any atom is 0.130 e. The van der Waals surface area contributed by atoms with Crippen molar-refractivity contribution < 1.29 is 4.74 Å². The summed E-state index contributed by atoms with van der Waals surface area (Å²) in [5.41, 5.74) is 8.01. The molecular weight excluding hydrogens is 416 g/mol. The summed E-state index contributed by atoms with van der Waals surface area (Å²) in [4.78, 5) is 8.89. The molecule has 3 heteroatoms. The van der Waals surface area contributed by atoms with E-state index in [1.165, 1.54) is 16.7 Å². The van der Waals surface area contributed by atoms with Gasteiger partial charge in [0.1, 0.15) is 12.4 Å². The number of aromatic nitrogens is 2. The van der Waals surface area contributed by atoms with Crippen LogP contribution in [0.15, 0.2) is 103 Å². The van der Waals surface area contributed by atoms with E-state index in [1.807, 2.05) is 48.8 Å². The molecule has 2 heterocycles. The number of para-hydroxylation sites is 1. The van der Waals surface area contributed by atoms with Gasteiger partial charge in [0.25, 0.3) is 0 Å². The van der Waals surface area contributed by atoms with Crippen molar-refractivity contribution in [1.29, 1.82) is 0 Å². The van der Waals surface area contributed by atoms with Gasteiger partial charge < -0.3 is 4.74 Å². The molecular formula is C31H28N2O. The van der Waals surface area contributed by atoms with Crippen molar-refractivity contribution in [3.05, 3.63) is 115 Å². The van der Waals surface area contributed by atoms with E-state index in [4.69, 9.17) is 9.72 Å². The number of fused-ring (bicyclic) bond motifs is 1. The highest BCUT2D eigenvalue weighted by Gasteiger charge is 2.17. The molecule has 0 aliphatic carbocycles. The maximum absolute atomic E-state index is 6.05. The van der Waals surface area contributed by atoms with E-state index in [9.17, 15) is 0 Å². The smallest absolute Gasteiger partial charge is 0.130 e. The molecule has 0 amide bonds. The lowest BCUT2D eigenvalue weighted by molar-refractivity contribution is 0.302. The van der Waals surface area contributed by atoms with Crippen molar-refractivity contribution in [2.75, 3.05) is 0 Å². The zero-order chi connectivity index (χ0) is 23.5. The number of rotatable bonds is 5. The average molecular weight is 445 g/mol. The largest absolute Gasteiger partial charge is 0.487 e. The molecule has 0 saturated carbocycles. The van der Waals surface area contributed by atoms with Gasteiger partial charge in [-0.15, -0.1) is 0 Å². The summed E-state index contributed by atoms with van der Waals surface area (Å²) in [6.07, 6.45) is 3.68. The lowest BCUT2D eigenvalue weighted by atomic mass is 9.83. The van der Waals surface area contributed by atoms with Crippen LogP contribution in [0.25, 0.3) is 33.2 Å². The predicted molar refractivity (Wildman–Crippen MR) is 140 cm³/mol. The Kier molecular flexibility index (Phi) is 5.85. The van der Waals surface area contributed by atoms with E-state index < -0.39 is 0 Å². The Balaban J connectivity index is 1.41. The van der Waals surface area contributed by atoms with Crippen LogP contribution >= 0.6 is 0 Å². The third-order valence-corrected chi connectivity index (χ3v) is 6.09. The predicted octanol–water partition coefficient (Wildman–Crippen LogP) is 7.84. The first kappa shape index (κ1) is 21.8. The van der Waals surface area contributed by atoms with Crippen molar-refractivity contribution in [3.8, 4) is 28.0 Å². The topological polar surface area (TPSA) is 35.0 Å². The molecule has 0 N–H and O–H groups in total. The number of ether oxygens (including phenoxy) is 1. The van der Waals surface area contributed by atoms with Crippen molar-refractivity contribution >= 4 is 10.9 Å². The molecule has 3 nitrogen and oxygen atoms in total. The van der Waals surface area contributed by atoms with Gasteiger partial charge in [-0.3, -0.25) is 4.98 Å². The molecule has 5 rings (SSSR count). The molecule has 3 aromatic carbocycles. The first-order chi connectivity index (χ1) is 16.5. The first-order valence-electron chi connectivity index (χ1n) is 11.6. The molecule has 5 aromatic rings. The molecule has 0 fully saturated rings. The summed E-state index contributed by atoms with van der Waals surface area (Å²) in [5, 5.41) is 1.14. The SMILES string of the molecule is CC(C)(C)c1ccc(-c2ccncc2)c(-c2ccc(OCc3ccc4ccccc4n3)cc2)c1. The van der Waals surface area contributed by atoms with Crippen LogP contribution in [0.5, 0.6) is 5.75 Å².